The topological polar surface area (TPSA) is 79.9 Å². The molecule has 0 atom stereocenters. The van der Waals surface area contributed by atoms with Gasteiger partial charge in [-0.2, -0.15) is 5.10 Å². The van der Waals surface area contributed by atoms with Crippen molar-refractivity contribution in [2.24, 2.45) is 0 Å². The predicted octanol–water partition coefficient (Wildman–Crippen LogP) is 3.04. The highest BCUT2D eigenvalue weighted by Crippen LogP contribution is 2.20. The monoisotopic (exact) mass is 344 g/mol. The number of aromatic amines is 1. The Kier molecular flexibility index (Phi) is 4.66. The molecule has 0 saturated carbocycles. The number of hydrogen-bond donors (Lipinski definition) is 2. The van der Waals surface area contributed by atoms with Crippen molar-refractivity contribution in [2.75, 3.05) is 13.2 Å². The second-order valence-electron chi connectivity index (χ2n) is 5.42. The summed E-state index contributed by atoms with van der Waals surface area (Å²) in [7, 11) is 0. The molecule has 6 nitrogen and oxygen atoms in total. The lowest BCUT2D eigenvalue weighted by molar-refractivity contribution is 0.0948. The van der Waals surface area contributed by atoms with Gasteiger partial charge in [-0.15, -0.1) is 0 Å². The highest BCUT2D eigenvalue weighted by Gasteiger charge is 2.15. The summed E-state index contributed by atoms with van der Waals surface area (Å²) >= 11 is 5.82. The van der Waals surface area contributed by atoms with Gasteiger partial charge in [0.2, 0.25) is 0 Å². The summed E-state index contributed by atoms with van der Waals surface area (Å²) in [4.78, 5) is 16.8. The maximum absolute atomic E-state index is 12.5. The molecule has 0 saturated heterocycles. The zero-order valence-electron chi connectivity index (χ0n) is 13.4. The molecule has 2 aromatic heterocycles. The van der Waals surface area contributed by atoms with E-state index >= 15 is 0 Å². The molecule has 0 unspecified atom stereocenters. The van der Waals surface area contributed by atoms with Gasteiger partial charge in [-0.05, 0) is 44.2 Å². The summed E-state index contributed by atoms with van der Waals surface area (Å²) < 4.78 is 5.56. The van der Waals surface area contributed by atoms with Gasteiger partial charge in [0.25, 0.3) is 5.91 Å². The minimum absolute atomic E-state index is 0.172. The van der Waals surface area contributed by atoms with Crippen molar-refractivity contribution in [2.45, 2.75) is 13.8 Å². The highest BCUT2D eigenvalue weighted by atomic mass is 35.5. The zero-order chi connectivity index (χ0) is 17.1. The first-order chi connectivity index (χ1) is 11.5. The van der Waals surface area contributed by atoms with Crippen LogP contribution in [0.5, 0.6) is 5.75 Å². The third-order valence-electron chi connectivity index (χ3n) is 3.55. The van der Waals surface area contributed by atoms with Gasteiger partial charge in [0.1, 0.15) is 12.4 Å². The molecule has 124 valence electrons. The van der Waals surface area contributed by atoms with Gasteiger partial charge in [-0.25, -0.2) is 4.98 Å². The summed E-state index contributed by atoms with van der Waals surface area (Å²) in [6.07, 6.45) is 0. The number of benzene rings is 1. The number of rotatable bonds is 5. The number of carbonyl (C=O) groups is 1. The molecule has 2 N–H and O–H groups in total. The van der Waals surface area contributed by atoms with Crippen molar-refractivity contribution in [1.82, 2.24) is 20.5 Å². The van der Waals surface area contributed by atoms with E-state index in [9.17, 15) is 4.79 Å². The molecule has 7 heteroatoms. The molecule has 0 spiro atoms. The highest BCUT2D eigenvalue weighted by molar-refractivity contribution is 6.30. The molecule has 0 aliphatic heterocycles. The van der Waals surface area contributed by atoms with E-state index in [4.69, 9.17) is 16.3 Å². The van der Waals surface area contributed by atoms with E-state index in [0.29, 0.717) is 35.1 Å². The largest absolute Gasteiger partial charge is 0.492 e. The number of H-pyrrole nitrogens is 1. The minimum Gasteiger partial charge on any atom is -0.492 e. The summed E-state index contributed by atoms with van der Waals surface area (Å²) in [6.45, 7) is 4.46. The molecule has 2 heterocycles. The number of nitrogens with zero attached hydrogens (tertiary/aromatic N) is 2. The molecule has 1 aromatic carbocycles. The Morgan fingerprint density at radius 1 is 1.29 bits per heavy atom. The molecular formula is C17H17ClN4O2. The number of hydrogen-bond acceptors (Lipinski definition) is 4. The van der Waals surface area contributed by atoms with Gasteiger partial charge in [-0.3, -0.25) is 9.89 Å². The van der Waals surface area contributed by atoms with Gasteiger partial charge in [0.15, 0.2) is 5.65 Å². The van der Waals surface area contributed by atoms with Crippen LogP contribution >= 0.6 is 11.6 Å². The fourth-order valence-electron chi connectivity index (χ4n) is 2.44. The van der Waals surface area contributed by atoms with E-state index in [1.165, 1.54) is 0 Å². The lowest BCUT2D eigenvalue weighted by Crippen LogP contribution is -2.28. The van der Waals surface area contributed by atoms with Gasteiger partial charge >= 0.3 is 0 Å². The first-order valence-corrected chi connectivity index (χ1v) is 7.91. The number of aromatic nitrogens is 3. The Morgan fingerprint density at radius 2 is 2.04 bits per heavy atom. The number of aryl methyl sites for hydroxylation is 2. The van der Waals surface area contributed by atoms with Crippen LogP contribution in [0.3, 0.4) is 0 Å². The van der Waals surface area contributed by atoms with Crippen LogP contribution in [-0.2, 0) is 0 Å². The average molecular weight is 345 g/mol. The van der Waals surface area contributed by atoms with Crippen molar-refractivity contribution in [3.63, 3.8) is 0 Å². The lowest BCUT2D eigenvalue weighted by Gasteiger charge is -2.09. The minimum atomic E-state index is -0.172. The Balaban J connectivity index is 1.63. The Morgan fingerprint density at radius 3 is 2.79 bits per heavy atom. The molecule has 3 rings (SSSR count). The van der Waals surface area contributed by atoms with Gasteiger partial charge < -0.3 is 10.1 Å². The van der Waals surface area contributed by atoms with Crippen LogP contribution in [0, 0.1) is 13.8 Å². The van der Waals surface area contributed by atoms with E-state index in [2.05, 4.69) is 20.5 Å². The number of nitrogens with one attached hydrogen (secondary N) is 2. The fraction of sp³-hybridized carbons (Fsp3) is 0.235. The molecule has 1 amide bonds. The molecule has 3 aromatic rings. The lowest BCUT2D eigenvalue weighted by atomic mass is 10.1. The predicted molar refractivity (Wildman–Crippen MR) is 92.6 cm³/mol. The second-order valence-corrected chi connectivity index (χ2v) is 5.85. The molecule has 0 fully saturated rings. The van der Waals surface area contributed by atoms with E-state index in [-0.39, 0.29) is 5.91 Å². The maximum atomic E-state index is 12.5. The number of ether oxygens (including phenoxy) is 1. The molecule has 0 aliphatic carbocycles. The van der Waals surface area contributed by atoms with Crippen LogP contribution in [-0.4, -0.2) is 34.2 Å². The summed E-state index contributed by atoms with van der Waals surface area (Å²) in [5.74, 6) is 0.538. The number of halogens is 1. The zero-order valence-corrected chi connectivity index (χ0v) is 14.1. The summed E-state index contributed by atoms with van der Waals surface area (Å²) in [6, 6.07) is 8.85. The summed E-state index contributed by atoms with van der Waals surface area (Å²) in [5, 5.41) is 11.2. The first kappa shape index (κ1) is 16.3. The summed E-state index contributed by atoms with van der Waals surface area (Å²) in [5.41, 5.74) is 2.68. The Labute approximate surface area is 144 Å². The van der Waals surface area contributed by atoms with Gasteiger partial charge in [-0.1, -0.05) is 11.6 Å². The van der Waals surface area contributed by atoms with Crippen LogP contribution in [0.1, 0.15) is 21.7 Å². The fourth-order valence-corrected chi connectivity index (χ4v) is 2.56. The quantitative estimate of drug-likeness (QED) is 0.697. The van der Waals surface area contributed by atoms with Crippen LogP contribution < -0.4 is 10.1 Å². The normalized spacial score (nSPS) is 10.8. The van der Waals surface area contributed by atoms with Crippen LogP contribution in [0.4, 0.5) is 0 Å². The standard InChI is InChI=1S/C17H17ClN4O2/c1-10-9-14(15-11(2)21-22-16(15)20-10)17(23)19-7-8-24-13-5-3-12(18)4-6-13/h3-6,9H,7-8H2,1-2H3,(H,19,23)(H,20,21,22). The van der Waals surface area contributed by atoms with Crippen molar-refractivity contribution >= 4 is 28.5 Å². The SMILES string of the molecule is Cc1cc(C(=O)NCCOc2ccc(Cl)cc2)c2c(C)[nH]nc2n1. The Bertz CT molecular complexity index is 874. The van der Waals surface area contributed by atoms with Crippen molar-refractivity contribution in [3.05, 3.63) is 52.3 Å². The van der Waals surface area contributed by atoms with Crippen molar-refractivity contribution in [1.29, 1.82) is 0 Å². The molecule has 0 radical (unpaired) electrons. The van der Waals surface area contributed by atoms with E-state index in [0.717, 1.165) is 16.8 Å². The van der Waals surface area contributed by atoms with Crippen molar-refractivity contribution < 1.29 is 9.53 Å². The Hall–Kier alpha value is -2.60. The molecule has 0 bridgehead atoms. The van der Waals surface area contributed by atoms with Crippen molar-refractivity contribution in [3.8, 4) is 5.75 Å². The van der Waals surface area contributed by atoms with Gasteiger partial charge in [0, 0.05) is 16.4 Å². The molecule has 24 heavy (non-hydrogen) atoms. The number of amides is 1. The van der Waals surface area contributed by atoms with Crippen LogP contribution in [0.2, 0.25) is 5.02 Å². The van der Waals surface area contributed by atoms with E-state index in [1.54, 1.807) is 30.3 Å². The smallest absolute Gasteiger partial charge is 0.252 e. The third-order valence-corrected chi connectivity index (χ3v) is 3.80. The number of fused-ring (bicyclic) bond motifs is 1. The van der Waals surface area contributed by atoms with Gasteiger partial charge in [0.05, 0.1) is 17.5 Å². The first-order valence-electron chi connectivity index (χ1n) is 7.53. The average Bonchev–Trinajstić information content (AvgIpc) is 2.93. The number of carbonyl (C=O) groups excluding carboxylic acids is 1. The van der Waals surface area contributed by atoms with E-state index in [1.807, 2.05) is 13.8 Å². The molecule has 0 aliphatic rings. The van der Waals surface area contributed by atoms with Crippen LogP contribution in [0.25, 0.3) is 11.0 Å². The number of pyridine rings is 1. The third kappa shape index (κ3) is 3.49. The second kappa shape index (κ2) is 6.88. The maximum Gasteiger partial charge on any atom is 0.252 e. The van der Waals surface area contributed by atoms with Crippen LogP contribution in [0.15, 0.2) is 30.3 Å². The molecular weight excluding hydrogens is 328 g/mol. The van der Waals surface area contributed by atoms with E-state index < -0.39 is 0 Å².